The quantitative estimate of drug-likeness (QED) is 0.442. The Kier molecular flexibility index (Phi) is 3.17. The third-order valence-corrected chi connectivity index (χ3v) is 3.50. The highest BCUT2D eigenvalue weighted by molar-refractivity contribution is 5.87. The zero-order valence-corrected chi connectivity index (χ0v) is 10.7. The predicted octanol–water partition coefficient (Wildman–Crippen LogP) is -1.65. The SMILES string of the molecule is Nc1nc(N)c2ncn([C@@H]3O[C@H](CO)[C@@H](O)[C@H]3O)c2c1F. The van der Waals surface area contributed by atoms with E-state index >= 15 is 0 Å². The van der Waals surface area contributed by atoms with Crippen molar-refractivity contribution < 1.29 is 24.4 Å². The van der Waals surface area contributed by atoms with E-state index in [0.717, 1.165) is 0 Å². The lowest BCUT2D eigenvalue weighted by molar-refractivity contribution is -0.0510. The van der Waals surface area contributed by atoms with Gasteiger partial charge < -0.3 is 31.5 Å². The third kappa shape index (κ3) is 1.92. The smallest absolute Gasteiger partial charge is 0.191 e. The molecule has 1 saturated heterocycles. The van der Waals surface area contributed by atoms with Crippen LogP contribution in [0, 0.1) is 5.82 Å². The van der Waals surface area contributed by atoms with Gasteiger partial charge in [0.15, 0.2) is 23.7 Å². The van der Waals surface area contributed by atoms with Crippen molar-refractivity contribution in [2.24, 2.45) is 0 Å². The largest absolute Gasteiger partial charge is 0.394 e. The van der Waals surface area contributed by atoms with Crippen molar-refractivity contribution in [3.05, 3.63) is 12.1 Å². The Labute approximate surface area is 117 Å². The summed E-state index contributed by atoms with van der Waals surface area (Å²) in [6.45, 7) is -0.490. The fraction of sp³-hybridized carbons (Fsp3) is 0.455. The lowest BCUT2D eigenvalue weighted by Crippen LogP contribution is -2.33. The van der Waals surface area contributed by atoms with Crippen LogP contribution in [-0.4, -0.2) is 54.8 Å². The van der Waals surface area contributed by atoms with E-state index in [1.54, 1.807) is 0 Å². The van der Waals surface area contributed by atoms with Crippen molar-refractivity contribution in [3.8, 4) is 0 Å². The summed E-state index contributed by atoms with van der Waals surface area (Å²) in [5, 5.41) is 28.8. The van der Waals surface area contributed by atoms with Gasteiger partial charge >= 0.3 is 0 Å². The first-order valence-electron chi connectivity index (χ1n) is 6.15. The molecule has 1 aliphatic rings. The van der Waals surface area contributed by atoms with Gasteiger partial charge in [-0.1, -0.05) is 0 Å². The molecule has 0 amide bonds. The predicted molar refractivity (Wildman–Crippen MR) is 69.3 cm³/mol. The van der Waals surface area contributed by atoms with Crippen molar-refractivity contribution in [1.29, 1.82) is 0 Å². The maximum absolute atomic E-state index is 14.2. The van der Waals surface area contributed by atoms with Crippen LogP contribution in [0.5, 0.6) is 0 Å². The van der Waals surface area contributed by atoms with Gasteiger partial charge in [0, 0.05) is 0 Å². The topological polar surface area (TPSA) is 153 Å². The van der Waals surface area contributed by atoms with Crippen LogP contribution in [0.25, 0.3) is 11.0 Å². The van der Waals surface area contributed by atoms with E-state index < -0.39 is 42.8 Å². The zero-order chi connectivity index (χ0) is 15.3. The van der Waals surface area contributed by atoms with E-state index in [1.165, 1.54) is 10.9 Å². The minimum Gasteiger partial charge on any atom is -0.394 e. The minimum absolute atomic E-state index is 0.0607. The van der Waals surface area contributed by atoms with Gasteiger partial charge in [-0.05, 0) is 0 Å². The summed E-state index contributed by atoms with van der Waals surface area (Å²) in [7, 11) is 0. The molecule has 7 N–H and O–H groups in total. The molecule has 2 aromatic rings. The van der Waals surface area contributed by atoms with Crippen molar-refractivity contribution in [1.82, 2.24) is 14.5 Å². The summed E-state index contributed by atoms with van der Waals surface area (Å²) in [4.78, 5) is 7.54. The number of halogens is 1. The highest BCUT2D eigenvalue weighted by Gasteiger charge is 2.44. The number of rotatable bonds is 2. The number of nitrogens with zero attached hydrogens (tertiary/aromatic N) is 3. The Bertz CT molecular complexity index is 693. The Morgan fingerprint density at radius 1 is 1.29 bits per heavy atom. The van der Waals surface area contributed by atoms with Crippen LogP contribution in [0.2, 0.25) is 0 Å². The zero-order valence-electron chi connectivity index (χ0n) is 10.7. The van der Waals surface area contributed by atoms with Crippen LogP contribution in [0.4, 0.5) is 16.0 Å². The minimum atomic E-state index is -1.37. The number of fused-ring (bicyclic) bond motifs is 1. The van der Waals surface area contributed by atoms with Crippen molar-refractivity contribution >= 4 is 22.7 Å². The maximum Gasteiger partial charge on any atom is 0.191 e. The number of nitrogens with two attached hydrogens (primary N) is 2. The molecule has 21 heavy (non-hydrogen) atoms. The van der Waals surface area contributed by atoms with Gasteiger partial charge in [0.25, 0.3) is 0 Å². The van der Waals surface area contributed by atoms with Gasteiger partial charge in [-0.15, -0.1) is 0 Å². The number of imidazole rings is 1. The normalized spacial score (nSPS) is 29.3. The molecule has 9 nitrogen and oxygen atoms in total. The molecule has 0 aromatic carbocycles. The average molecular weight is 299 g/mol. The van der Waals surface area contributed by atoms with Crippen LogP contribution in [-0.2, 0) is 4.74 Å². The molecule has 114 valence electrons. The van der Waals surface area contributed by atoms with Crippen molar-refractivity contribution in [2.75, 3.05) is 18.1 Å². The number of hydrogen-bond donors (Lipinski definition) is 5. The first-order chi connectivity index (χ1) is 9.95. The number of nitrogen functional groups attached to an aromatic ring is 2. The summed E-state index contributed by atoms with van der Waals surface area (Å²) >= 11 is 0. The lowest BCUT2D eigenvalue weighted by atomic mass is 10.1. The average Bonchev–Trinajstić information content (AvgIpc) is 3.00. The third-order valence-electron chi connectivity index (χ3n) is 3.50. The summed E-state index contributed by atoms with van der Waals surface area (Å²) in [6.07, 6.45) is -3.59. The Morgan fingerprint density at radius 3 is 2.62 bits per heavy atom. The Hall–Kier alpha value is -2.01. The fourth-order valence-corrected chi connectivity index (χ4v) is 2.42. The van der Waals surface area contributed by atoms with Gasteiger partial charge in [-0.2, -0.15) is 0 Å². The highest BCUT2D eigenvalue weighted by atomic mass is 19.1. The molecule has 0 aliphatic carbocycles. The number of anilines is 2. The number of pyridine rings is 1. The molecule has 0 radical (unpaired) electrons. The maximum atomic E-state index is 14.2. The van der Waals surface area contributed by atoms with Gasteiger partial charge in [-0.25, -0.2) is 14.4 Å². The number of aliphatic hydroxyl groups excluding tert-OH is 3. The molecule has 0 spiro atoms. The molecule has 1 fully saturated rings. The molecular weight excluding hydrogens is 285 g/mol. The Balaban J connectivity index is 2.14. The second-order valence-electron chi connectivity index (χ2n) is 4.77. The highest BCUT2D eigenvalue weighted by Crippen LogP contribution is 2.34. The number of ether oxygens (including phenoxy) is 1. The summed E-state index contributed by atoms with van der Waals surface area (Å²) in [5.41, 5.74) is 11.0. The second-order valence-corrected chi connectivity index (χ2v) is 4.77. The van der Waals surface area contributed by atoms with Crippen LogP contribution in [0.15, 0.2) is 6.33 Å². The van der Waals surface area contributed by atoms with Gasteiger partial charge in [0.1, 0.15) is 29.3 Å². The number of aromatic nitrogens is 3. The van der Waals surface area contributed by atoms with E-state index in [4.69, 9.17) is 21.3 Å². The lowest BCUT2D eigenvalue weighted by Gasteiger charge is -2.17. The molecular formula is C11H14FN5O4. The molecule has 0 unspecified atom stereocenters. The molecule has 3 rings (SSSR count). The first kappa shape index (κ1) is 13.9. The van der Waals surface area contributed by atoms with E-state index in [2.05, 4.69) is 9.97 Å². The van der Waals surface area contributed by atoms with E-state index in [9.17, 15) is 14.6 Å². The molecule has 2 aromatic heterocycles. The second kappa shape index (κ2) is 4.77. The fourth-order valence-electron chi connectivity index (χ4n) is 2.42. The molecule has 0 saturated carbocycles. The molecule has 1 aliphatic heterocycles. The molecule has 3 heterocycles. The van der Waals surface area contributed by atoms with Gasteiger partial charge in [0.2, 0.25) is 0 Å². The summed E-state index contributed by atoms with van der Waals surface area (Å²) in [6, 6.07) is 0. The summed E-state index contributed by atoms with van der Waals surface area (Å²) in [5.74, 6) is -1.32. The number of hydrogen-bond acceptors (Lipinski definition) is 8. The van der Waals surface area contributed by atoms with Crippen LogP contribution >= 0.6 is 0 Å². The summed E-state index contributed by atoms with van der Waals surface area (Å²) < 4.78 is 20.7. The van der Waals surface area contributed by atoms with E-state index in [0.29, 0.717) is 0 Å². The van der Waals surface area contributed by atoms with Crippen LogP contribution in [0.1, 0.15) is 6.23 Å². The number of aliphatic hydroxyl groups is 3. The standard InChI is InChI=1S/C11H14FN5O4/c12-4-6-5(10(14)16-9(4)13)15-2-17(6)11-8(20)7(19)3(1-18)21-11/h2-3,7-8,11,18-20H,1H2,(H4,13,14,16)/t3-,7-,8-,11-/m1/s1. The van der Waals surface area contributed by atoms with Crippen LogP contribution < -0.4 is 11.5 Å². The molecule has 10 heteroatoms. The van der Waals surface area contributed by atoms with E-state index in [1.807, 2.05) is 0 Å². The monoisotopic (exact) mass is 299 g/mol. The van der Waals surface area contributed by atoms with Crippen molar-refractivity contribution in [2.45, 2.75) is 24.5 Å². The Morgan fingerprint density at radius 2 is 2.00 bits per heavy atom. The van der Waals surface area contributed by atoms with Gasteiger partial charge in [-0.3, -0.25) is 4.57 Å². The first-order valence-corrected chi connectivity index (χ1v) is 6.15. The van der Waals surface area contributed by atoms with Crippen molar-refractivity contribution in [3.63, 3.8) is 0 Å². The molecule has 4 atom stereocenters. The van der Waals surface area contributed by atoms with E-state index in [-0.39, 0.29) is 16.9 Å². The van der Waals surface area contributed by atoms with Gasteiger partial charge in [0.05, 0.1) is 12.9 Å². The van der Waals surface area contributed by atoms with Crippen LogP contribution in [0.3, 0.4) is 0 Å². The molecule has 0 bridgehead atoms.